The van der Waals surface area contributed by atoms with E-state index in [4.69, 9.17) is 15.3 Å². The van der Waals surface area contributed by atoms with Gasteiger partial charge >= 0.3 is 7.12 Å². The van der Waals surface area contributed by atoms with Crippen LogP contribution in [0.3, 0.4) is 0 Å². The maximum atomic E-state index is 8.83. The molecule has 0 saturated carbocycles. The molecule has 2 N–H and O–H groups in total. The van der Waals surface area contributed by atoms with E-state index in [1.54, 1.807) is 6.92 Å². The second-order valence-corrected chi connectivity index (χ2v) is 2.38. The topological polar surface area (TPSA) is 77.1 Å². The zero-order valence-corrected chi connectivity index (χ0v) is 6.52. The van der Waals surface area contributed by atoms with Crippen LogP contribution >= 0.6 is 0 Å². The van der Waals surface area contributed by atoms with Gasteiger partial charge in [-0.25, -0.2) is 0 Å². The maximum Gasteiger partial charge on any atom is 0.490 e. The summed E-state index contributed by atoms with van der Waals surface area (Å²) in [6.45, 7) is 1.65. The van der Waals surface area contributed by atoms with Crippen molar-refractivity contribution >= 4 is 12.6 Å². The van der Waals surface area contributed by atoms with Gasteiger partial charge in [0, 0.05) is 17.4 Å². The first-order chi connectivity index (χ1) is 5.65. The highest BCUT2D eigenvalue weighted by Gasteiger charge is 2.14. The van der Waals surface area contributed by atoms with E-state index in [-0.39, 0.29) is 5.46 Å². The van der Waals surface area contributed by atoms with Crippen LogP contribution in [-0.2, 0) is 0 Å². The van der Waals surface area contributed by atoms with Crippen molar-refractivity contribution in [2.75, 3.05) is 0 Å². The molecule has 0 aromatic carbocycles. The molecule has 0 radical (unpaired) electrons. The lowest BCUT2D eigenvalue weighted by atomic mass is 9.79. The van der Waals surface area contributed by atoms with Crippen molar-refractivity contribution in [3.8, 4) is 6.07 Å². The zero-order chi connectivity index (χ0) is 9.14. The Hall–Kier alpha value is -1.38. The van der Waals surface area contributed by atoms with Gasteiger partial charge in [-0.05, 0) is 13.0 Å². The highest BCUT2D eigenvalue weighted by Crippen LogP contribution is 1.95. The third-order valence-electron chi connectivity index (χ3n) is 1.53. The summed E-state index contributed by atoms with van der Waals surface area (Å²) in [5, 5.41) is 26.1. The molecule has 5 heteroatoms. The first kappa shape index (κ1) is 8.72. The van der Waals surface area contributed by atoms with Crippen LogP contribution in [0, 0.1) is 18.3 Å². The fraction of sp³-hybridized carbons (Fsp3) is 0.143. The molecule has 0 spiro atoms. The quantitative estimate of drug-likeness (QED) is 0.516. The summed E-state index contributed by atoms with van der Waals surface area (Å²) in [7, 11) is -1.56. The molecule has 1 aromatic rings. The number of aromatic nitrogens is 1. The molecule has 0 fully saturated rings. The number of hydrogen-bond acceptors (Lipinski definition) is 4. The average molecular weight is 162 g/mol. The van der Waals surface area contributed by atoms with Crippen molar-refractivity contribution in [2.45, 2.75) is 6.92 Å². The lowest BCUT2D eigenvalue weighted by Crippen LogP contribution is -2.33. The Morgan fingerprint density at radius 2 is 2.25 bits per heavy atom. The highest BCUT2D eigenvalue weighted by atomic mass is 16.4. The second-order valence-electron chi connectivity index (χ2n) is 2.38. The van der Waals surface area contributed by atoms with Gasteiger partial charge in [-0.15, -0.1) is 0 Å². The molecular formula is C7H7BN2O2. The van der Waals surface area contributed by atoms with E-state index in [9.17, 15) is 0 Å². The smallest absolute Gasteiger partial charge is 0.423 e. The number of nitrogens with zero attached hydrogens (tertiary/aromatic N) is 2. The van der Waals surface area contributed by atoms with Gasteiger partial charge in [-0.3, -0.25) is 4.98 Å². The van der Waals surface area contributed by atoms with Crippen LogP contribution < -0.4 is 5.46 Å². The van der Waals surface area contributed by atoms with E-state index in [0.717, 1.165) is 0 Å². The highest BCUT2D eigenvalue weighted by molar-refractivity contribution is 6.59. The minimum absolute atomic E-state index is 0.272. The number of hydrogen-bond donors (Lipinski definition) is 2. The molecule has 1 heterocycles. The summed E-state index contributed by atoms with van der Waals surface area (Å²) >= 11 is 0. The second kappa shape index (κ2) is 3.35. The van der Waals surface area contributed by atoms with Crippen LogP contribution in [0.1, 0.15) is 11.3 Å². The minimum Gasteiger partial charge on any atom is -0.423 e. The molecule has 60 valence electrons. The summed E-state index contributed by atoms with van der Waals surface area (Å²) < 4.78 is 0. The summed E-state index contributed by atoms with van der Waals surface area (Å²) in [6, 6.07) is 3.27. The monoisotopic (exact) mass is 162 g/mol. The number of rotatable bonds is 1. The van der Waals surface area contributed by atoms with Gasteiger partial charge < -0.3 is 10.0 Å². The van der Waals surface area contributed by atoms with Crippen molar-refractivity contribution in [3.05, 3.63) is 23.5 Å². The van der Waals surface area contributed by atoms with Gasteiger partial charge in [0.05, 0.1) is 5.56 Å². The van der Waals surface area contributed by atoms with Crippen LogP contribution in [-0.4, -0.2) is 22.2 Å². The van der Waals surface area contributed by atoms with Crippen molar-refractivity contribution in [1.82, 2.24) is 4.98 Å². The first-order valence-electron chi connectivity index (χ1n) is 3.38. The molecule has 0 amide bonds. The Balaban J connectivity index is 3.19. The van der Waals surface area contributed by atoms with Crippen molar-refractivity contribution in [3.63, 3.8) is 0 Å². The van der Waals surface area contributed by atoms with Gasteiger partial charge in [0.2, 0.25) is 0 Å². The molecule has 4 nitrogen and oxygen atoms in total. The van der Waals surface area contributed by atoms with E-state index in [1.165, 1.54) is 12.3 Å². The van der Waals surface area contributed by atoms with E-state index < -0.39 is 7.12 Å². The predicted octanol–water partition coefficient (Wildman–Crippen LogP) is -1.06. The van der Waals surface area contributed by atoms with E-state index in [1.807, 2.05) is 6.07 Å². The van der Waals surface area contributed by atoms with Crippen LogP contribution in [0.5, 0.6) is 0 Å². The summed E-state index contributed by atoms with van der Waals surface area (Å²) in [6.07, 6.45) is 1.39. The lowest BCUT2D eigenvalue weighted by molar-refractivity contribution is 0.425. The Bertz CT molecular complexity index is 333. The van der Waals surface area contributed by atoms with Gasteiger partial charge in [-0.1, -0.05) is 0 Å². The zero-order valence-electron chi connectivity index (χ0n) is 6.52. The largest absolute Gasteiger partial charge is 0.490 e. The third kappa shape index (κ3) is 1.61. The van der Waals surface area contributed by atoms with E-state index >= 15 is 0 Å². The first-order valence-corrected chi connectivity index (χ1v) is 3.38. The Morgan fingerprint density at radius 1 is 1.58 bits per heavy atom. The molecular weight excluding hydrogens is 155 g/mol. The van der Waals surface area contributed by atoms with Crippen LogP contribution in [0.2, 0.25) is 0 Å². The van der Waals surface area contributed by atoms with Gasteiger partial charge in [0.25, 0.3) is 0 Å². The van der Waals surface area contributed by atoms with Gasteiger partial charge in [-0.2, -0.15) is 5.26 Å². The third-order valence-corrected chi connectivity index (χ3v) is 1.53. The van der Waals surface area contributed by atoms with Crippen molar-refractivity contribution in [1.29, 1.82) is 5.26 Å². The average Bonchev–Trinajstić information content (AvgIpc) is 2.05. The summed E-state index contributed by atoms with van der Waals surface area (Å²) in [5.41, 5.74) is 1.11. The van der Waals surface area contributed by atoms with Gasteiger partial charge in [0.1, 0.15) is 6.07 Å². The molecule has 0 saturated heterocycles. The van der Waals surface area contributed by atoms with Crippen molar-refractivity contribution in [2.24, 2.45) is 0 Å². The summed E-state index contributed by atoms with van der Waals surface area (Å²) in [5.74, 6) is 0. The minimum atomic E-state index is -1.56. The normalized spacial score (nSPS) is 9.17. The molecule has 0 bridgehead atoms. The lowest BCUT2D eigenvalue weighted by Gasteiger charge is -2.02. The number of nitriles is 1. The molecule has 0 aliphatic heterocycles. The van der Waals surface area contributed by atoms with Crippen LogP contribution in [0.4, 0.5) is 0 Å². The molecule has 0 unspecified atom stereocenters. The SMILES string of the molecule is Cc1ncc(C#N)cc1B(O)O. The molecule has 0 atom stereocenters. The van der Waals surface area contributed by atoms with Crippen molar-refractivity contribution < 1.29 is 10.0 Å². The molecule has 1 rings (SSSR count). The maximum absolute atomic E-state index is 8.83. The van der Waals surface area contributed by atoms with E-state index in [2.05, 4.69) is 4.98 Å². The fourth-order valence-electron chi connectivity index (χ4n) is 0.873. The Morgan fingerprint density at radius 3 is 2.75 bits per heavy atom. The fourth-order valence-corrected chi connectivity index (χ4v) is 0.873. The molecule has 0 aliphatic rings. The Labute approximate surface area is 70.3 Å². The summed E-state index contributed by atoms with van der Waals surface area (Å²) in [4.78, 5) is 3.83. The van der Waals surface area contributed by atoms with Crippen LogP contribution in [0.15, 0.2) is 12.3 Å². The molecule has 0 aliphatic carbocycles. The predicted molar refractivity (Wildman–Crippen MR) is 43.5 cm³/mol. The number of aryl methyl sites for hydroxylation is 1. The molecule has 12 heavy (non-hydrogen) atoms. The van der Waals surface area contributed by atoms with E-state index in [0.29, 0.717) is 11.3 Å². The Kier molecular flexibility index (Phi) is 2.43. The number of pyridine rings is 1. The van der Waals surface area contributed by atoms with Gasteiger partial charge in [0.15, 0.2) is 0 Å². The molecule has 1 aromatic heterocycles. The standard InChI is InChI=1S/C7H7BN2O2/c1-5-7(8(11)12)2-6(3-9)4-10-5/h2,4,11-12H,1H3. The van der Waals surface area contributed by atoms with Crippen LogP contribution in [0.25, 0.3) is 0 Å².